The van der Waals surface area contributed by atoms with E-state index in [4.69, 9.17) is 0 Å². The highest BCUT2D eigenvalue weighted by atomic mass is 16.3. The largest absolute Gasteiger partial charge is 0.384 e. The zero-order chi connectivity index (χ0) is 29.1. The molecule has 41 heavy (non-hydrogen) atoms. The minimum atomic E-state index is -1.13. The molecule has 2 aliphatic heterocycles. The molecule has 0 unspecified atom stereocenters. The Labute approximate surface area is 241 Å². The number of likely N-dealkylation sites (N-methyl/N-ethyl adjacent to an activating group) is 1. The Morgan fingerprint density at radius 3 is 2.51 bits per heavy atom. The van der Waals surface area contributed by atoms with Gasteiger partial charge in [0.2, 0.25) is 11.8 Å². The maximum absolute atomic E-state index is 14.3. The highest BCUT2D eigenvalue weighted by molar-refractivity contribution is 6.01. The third-order valence-corrected chi connectivity index (χ3v) is 8.67. The third-order valence-electron chi connectivity index (χ3n) is 8.67. The molecule has 5 rings (SSSR count). The minimum absolute atomic E-state index is 0.248. The lowest BCUT2D eigenvalue weighted by Crippen LogP contribution is -2.54. The number of aliphatic hydroxyl groups is 1. The van der Waals surface area contributed by atoms with Crippen molar-refractivity contribution in [2.45, 2.75) is 82.5 Å². The second-order valence-electron chi connectivity index (χ2n) is 12.1. The number of hydrogen-bond acceptors (Lipinski definition) is 7. The van der Waals surface area contributed by atoms with Crippen molar-refractivity contribution in [1.82, 2.24) is 31.5 Å². The van der Waals surface area contributed by atoms with Gasteiger partial charge in [0.05, 0.1) is 11.7 Å². The maximum atomic E-state index is 14.3. The van der Waals surface area contributed by atoms with Crippen molar-refractivity contribution in [2.75, 3.05) is 13.6 Å². The summed E-state index contributed by atoms with van der Waals surface area (Å²) in [7, 11) is 1.57. The fraction of sp³-hybridized carbons (Fsp3) is 0.516. The predicted molar refractivity (Wildman–Crippen MR) is 157 cm³/mol. The Hall–Kier alpha value is -3.63. The molecule has 10 nitrogen and oxygen atoms in total. The van der Waals surface area contributed by atoms with E-state index in [0.29, 0.717) is 30.0 Å². The number of carbonyl (C=O) groups is 3. The van der Waals surface area contributed by atoms with Crippen LogP contribution in [-0.2, 0) is 9.59 Å². The van der Waals surface area contributed by atoms with E-state index < -0.39 is 17.7 Å². The van der Waals surface area contributed by atoms with Crippen LogP contribution < -0.4 is 21.6 Å². The topological polar surface area (TPSA) is 126 Å². The van der Waals surface area contributed by atoms with Gasteiger partial charge in [0.1, 0.15) is 17.7 Å². The Morgan fingerprint density at radius 1 is 1.07 bits per heavy atom. The number of rotatable bonds is 8. The highest BCUT2D eigenvalue weighted by Crippen LogP contribution is 2.32. The molecule has 220 valence electrons. The lowest BCUT2D eigenvalue weighted by Gasteiger charge is -2.34. The summed E-state index contributed by atoms with van der Waals surface area (Å²) in [5.74, 6) is -0.462. The number of hydrogen-bond donors (Lipinski definition) is 5. The normalized spacial score (nSPS) is 22.3. The summed E-state index contributed by atoms with van der Waals surface area (Å²) in [6, 6.07) is 11.7. The molecule has 3 aliphatic rings. The van der Waals surface area contributed by atoms with Crippen LogP contribution in [0.5, 0.6) is 0 Å². The maximum Gasteiger partial charge on any atom is 0.251 e. The first-order valence-corrected chi connectivity index (χ1v) is 14.7. The van der Waals surface area contributed by atoms with Crippen LogP contribution in [0.25, 0.3) is 10.8 Å². The third kappa shape index (κ3) is 6.33. The lowest BCUT2D eigenvalue weighted by molar-refractivity contribution is -0.140. The number of hydrazine groups is 2. The van der Waals surface area contributed by atoms with E-state index in [0.717, 1.165) is 36.5 Å². The van der Waals surface area contributed by atoms with Gasteiger partial charge in [0, 0.05) is 31.8 Å². The zero-order valence-corrected chi connectivity index (χ0v) is 24.2. The number of likely N-dealkylation sites (tertiary alicyclic amines) is 1. The van der Waals surface area contributed by atoms with Gasteiger partial charge in [-0.3, -0.25) is 19.4 Å². The van der Waals surface area contributed by atoms with Gasteiger partial charge in [-0.1, -0.05) is 62.4 Å². The smallest absolute Gasteiger partial charge is 0.251 e. The molecule has 5 N–H and O–H groups in total. The average molecular weight is 563 g/mol. The summed E-state index contributed by atoms with van der Waals surface area (Å²) in [4.78, 5) is 42.5. The second-order valence-corrected chi connectivity index (χ2v) is 12.1. The lowest BCUT2D eigenvalue weighted by atomic mass is 9.84. The molecule has 2 heterocycles. The van der Waals surface area contributed by atoms with Crippen LogP contribution in [0.3, 0.4) is 0 Å². The summed E-state index contributed by atoms with van der Waals surface area (Å²) >= 11 is 0. The van der Waals surface area contributed by atoms with Crippen molar-refractivity contribution >= 4 is 28.5 Å². The number of amides is 3. The van der Waals surface area contributed by atoms with E-state index in [-0.39, 0.29) is 30.3 Å². The molecule has 2 fully saturated rings. The Bertz CT molecular complexity index is 1320. The van der Waals surface area contributed by atoms with E-state index in [1.807, 2.05) is 36.4 Å². The van der Waals surface area contributed by atoms with Crippen LogP contribution in [0, 0.1) is 5.92 Å². The van der Waals surface area contributed by atoms with Crippen LogP contribution >= 0.6 is 0 Å². The van der Waals surface area contributed by atoms with E-state index >= 15 is 0 Å². The molecule has 0 radical (unpaired) electrons. The van der Waals surface area contributed by atoms with Gasteiger partial charge in [-0.15, -0.1) is 5.53 Å². The highest BCUT2D eigenvalue weighted by Gasteiger charge is 2.46. The first-order valence-electron chi connectivity index (χ1n) is 14.7. The molecular formula is C31H42N6O4. The van der Waals surface area contributed by atoms with Gasteiger partial charge in [-0.2, -0.15) is 0 Å². The average Bonchev–Trinajstić information content (AvgIpc) is 3.64. The second kappa shape index (κ2) is 12.1. The van der Waals surface area contributed by atoms with Gasteiger partial charge >= 0.3 is 0 Å². The summed E-state index contributed by atoms with van der Waals surface area (Å²) in [5, 5.41) is 20.3. The van der Waals surface area contributed by atoms with Crippen LogP contribution in [-0.4, -0.2) is 70.1 Å². The standard InChI is InChI=1S/C31H42N6O4/c1-31(2,41)27-18-33-35-37(27)24-17-26(29(39)32-3)36(19-24)30(40)25(15-20-9-5-4-6-10-20)34-28(38)23-14-13-21-11-7-8-12-22(21)16-23/h7-8,11-14,16,18,20,24-26,33,35,41H,4-6,9-10,15,17,19H2,1-3H3,(H,32,39)(H,34,38)/t24-,25+,26-/m0/s1. The van der Waals surface area contributed by atoms with Gasteiger partial charge in [-0.05, 0) is 49.1 Å². The molecule has 1 saturated heterocycles. The predicted octanol–water partition coefficient (Wildman–Crippen LogP) is 2.56. The van der Waals surface area contributed by atoms with Crippen molar-refractivity contribution in [3.05, 3.63) is 59.9 Å². The van der Waals surface area contributed by atoms with Gasteiger partial charge in [0.15, 0.2) is 0 Å². The number of nitrogens with zero attached hydrogens (tertiary/aromatic N) is 2. The molecular weight excluding hydrogens is 520 g/mol. The fourth-order valence-corrected chi connectivity index (χ4v) is 6.47. The summed E-state index contributed by atoms with van der Waals surface area (Å²) in [5.41, 5.74) is 5.97. The van der Waals surface area contributed by atoms with E-state index in [1.165, 1.54) is 6.42 Å². The number of nitrogens with one attached hydrogen (secondary N) is 4. The molecule has 1 aliphatic carbocycles. The molecule has 0 spiro atoms. The summed E-state index contributed by atoms with van der Waals surface area (Å²) < 4.78 is 0. The molecule has 0 aromatic heterocycles. The van der Waals surface area contributed by atoms with Crippen LogP contribution in [0.4, 0.5) is 0 Å². The van der Waals surface area contributed by atoms with E-state index in [1.54, 1.807) is 43.1 Å². The van der Waals surface area contributed by atoms with Crippen LogP contribution in [0.2, 0.25) is 0 Å². The van der Waals surface area contributed by atoms with E-state index in [9.17, 15) is 19.5 Å². The number of benzene rings is 2. The van der Waals surface area contributed by atoms with Gasteiger partial charge in [0.25, 0.3) is 5.91 Å². The van der Waals surface area contributed by atoms with Crippen LogP contribution in [0.15, 0.2) is 54.4 Å². The Morgan fingerprint density at radius 2 is 1.80 bits per heavy atom. The SMILES string of the molecule is CNC(=O)[C@@H]1C[C@H](N2NNC=C2C(C)(C)O)CN1C(=O)[C@@H](CC1CCCCC1)NC(=O)c1ccc2ccccc2c1. The molecule has 3 atom stereocenters. The first kappa shape index (κ1) is 28.9. The fourth-order valence-electron chi connectivity index (χ4n) is 6.47. The number of carbonyl (C=O) groups excluding carboxylic acids is 3. The zero-order valence-electron chi connectivity index (χ0n) is 24.2. The van der Waals surface area contributed by atoms with Crippen molar-refractivity contribution in [2.24, 2.45) is 5.92 Å². The first-order chi connectivity index (χ1) is 19.7. The summed E-state index contributed by atoms with van der Waals surface area (Å²) in [6.45, 7) is 3.65. The Kier molecular flexibility index (Phi) is 8.51. The molecule has 10 heteroatoms. The molecule has 3 amide bonds. The van der Waals surface area contributed by atoms with Crippen molar-refractivity contribution in [3.63, 3.8) is 0 Å². The molecule has 2 aromatic carbocycles. The van der Waals surface area contributed by atoms with Gasteiger partial charge < -0.3 is 26.1 Å². The Balaban J connectivity index is 1.40. The molecule has 2 aromatic rings. The van der Waals surface area contributed by atoms with E-state index in [2.05, 4.69) is 21.6 Å². The van der Waals surface area contributed by atoms with Crippen molar-refractivity contribution in [3.8, 4) is 0 Å². The van der Waals surface area contributed by atoms with Gasteiger partial charge in [-0.25, -0.2) is 0 Å². The minimum Gasteiger partial charge on any atom is -0.384 e. The quantitative estimate of drug-likeness (QED) is 0.335. The van der Waals surface area contributed by atoms with Crippen molar-refractivity contribution in [1.29, 1.82) is 0 Å². The number of fused-ring (bicyclic) bond motifs is 1. The molecule has 0 bridgehead atoms. The monoisotopic (exact) mass is 562 g/mol. The summed E-state index contributed by atoms with van der Waals surface area (Å²) in [6.07, 6.45) is 8.10. The molecule has 1 saturated carbocycles. The van der Waals surface area contributed by atoms with Crippen LogP contribution in [0.1, 0.15) is 69.2 Å². The van der Waals surface area contributed by atoms with Crippen molar-refractivity contribution < 1.29 is 19.5 Å².